The van der Waals surface area contributed by atoms with E-state index in [4.69, 9.17) is 9.94 Å². The lowest BCUT2D eigenvalue weighted by molar-refractivity contribution is -0.110. The van der Waals surface area contributed by atoms with E-state index in [-0.39, 0.29) is 5.82 Å². The molecule has 2 N–H and O–H groups in total. The second-order valence-corrected chi connectivity index (χ2v) is 6.18. The SMILES string of the molecule is COc1ccc(F)cc1-c1ccc(NC(=O)C=NO)c2c1CCN(C)C2. The van der Waals surface area contributed by atoms with Crippen molar-refractivity contribution in [2.45, 2.75) is 13.0 Å². The lowest BCUT2D eigenvalue weighted by Gasteiger charge is -2.29. The molecule has 26 heavy (non-hydrogen) atoms. The maximum atomic E-state index is 13.8. The number of benzene rings is 2. The van der Waals surface area contributed by atoms with Crippen LogP contribution >= 0.6 is 0 Å². The fourth-order valence-corrected chi connectivity index (χ4v) is 3.29. The van der Waals surface area contributed by atoms with Gasteiger partial charge >= 0.3 is 0 Å². The summed E-state index contributed by atoms with van der Waals surface area (Å²) in [5.41, 5.74) is 4.23. The number of ether oxygens (including phenoxy) is 1. The van der Waals surface area contributed by atoms with Gasteiger partial charge in [0.05, 0.1) is 7.11 Å². The number of halogens is 1. The Morgan fingerprint density at radius 3 is 2.85 bits per heavy atom. The van der Waals surface area contributed by atoms with Crippen molar-refractivity contribution in [3.63, 3.8) is 0 Å². The van der Waals surface area contributed by atoms with E-state index in [1.807, 2.05) is 13.1 Å². The largest absolute Gasteiger partial charge is 0.496 e. The minimum Gasteiger partial charge on any atom is -0.496 e. The van der Waals surface area contributed by atoms with Crippen LogP contribution in [0.4, 0.5) is 10.1 Å². The van der Waals surface area contributed by atoms with E-state index in [0.717, 1.165) is 35.9 Å². The molecule has 0 spiro atoms. The predicted octanol–water partition coefficient (Wildman–Crippen LogP) is 2.89. The first kappa shape index (κ1) is 17.9. The average Bonchev–Trinajstić information content (AvgIpc) is 2.62. The van der Waals surface area contributed by atoms with Crippen LogP contribution in [0.1, 0.15) is 11.1 Å². The highest BCUT2D eigenvalue weighted by atomic mass is 19.1. The van der Waals surface area contributed by atoms with Crippen molar-refractivity contribution in [2.24, 2.45) is 5.16 Å². The fraction of sp³-hybridized carbons (Fsp3) is 0.263. The van der Waals surface area contributed by atoms with Crippen LogP contribution in [0.15, 0.2) is 35.5 Å². The van der Waals surface area contributed by atoms with Gasteiger partial charge in [0.15, 0.2) is 0 Å². The Bertz CT molecular complexity index is 867. The summed E-state index contributed by atoms with van der Waals surface area (Å²) < 4.78 is 19.2. The molecular weight excluding hydrogens is 337 g/mol. The Labute approximate surface area is 150 Å². The first-order valence-corrected chi connectivity index (χ1v) is 8.19. The molecule has 0 saturated heterocycles. The van der Waals surface area contributed by atoms with Crippen LogP contribution in [0.5, 0.6) is 5.75 Å². The molecule has 3 rings (SSSR count). The molecule has 0 atom stereocenters. The Morgan fingerprint density at radius 1 is 1.31 bits per heavy atom. The molecule has 0 saturated carbocycles. The number of nitrogens with one attached hydrogen (secondary N) is 1. The zero-order valence-electron chi connectivity index (χ0n) is 14.6. The van der Waals surface area contributed by atoms with Crippen LogP contribution in [0.2, 0.25) is 0 Å². The molecule has 0 aliphatic carbocycles. The number of methoxy groups -OCH3 is 1. The number of likely N-dealkylation sites (N-methyl/N-ethyl adjacent to an activating group) is 1. The lowest BCUT2D eigenvalue weighted by Crippen LogP contribution is -2.28. The quantitative estimate of drug-likeness (QED) is 0.501. The van der Waals surface area contributed by atoms with Crippen LogP contribution in [0.3, 0.4) is 0 Å². The number of hydrogen-bond acceptors (Lipinski definition) is 5. The third-order valence-corrected chi connectivity index (χ3v) is 4.49. The Kier molecular flexibility index (Phi) is 5.18. The molecule has 0 fully saturated rings. The van der Waals surface area contributed by atoms with Crippen LogP contribution in [-0.4, -0.2) is 42.9 Å². The van der Waals surface area contributed by atoms with E-state index in [0.29, 0.717) is 23.5 Å². The van der Waals surface area contributed by atoms with E-state index in [2.05, 4.69) is 15.4 Å². The van der Waals surface area contributed by atoms with Crippen LogP contribution in [0, 0.1) is 5.82 Å². The first-order valence-electron chi connectivity index (χ1n) is 8.19. The number of rotatable bonds is 4. The van der Waals surface area contributed by atoms with Crippen molar-refractivity contribution >= 4 is 17.8 Å². The van der Waals surface area contributed by atoms with E-state index in [1.54, 1.807) is 19.2 Å². The number of carbonyl (C=O) groups excluding carboxylic acids is 1. The molecule has 6 nitrogen and oxygen atoms in total. The van der Waals surface area contributed by atoms with Crippen LogP contribution < -0.4 is 10.1 Å². The number of hydrogen-bond donors (Lipinski definition) is 2. The van der Waals surface area contributed by atoms with Gasteiger partial charge in [-0.15, -0.1) is 0 Å². The normalized spacial score (nSPS) is 14.3. The molecule has 7 heteroatoms. The van der Waals surface area contributed by atoms with Crippen molar-refractivity contribution in [1.29, 1.82) is 0 Å². The molecule has 1 amide bonds. The highest BCUT2D eigenvalue weighted by Crippen LogP contribution is 2.38. The molecule has 1 aliphatic heterocycles. The van der Waals surface area contributed by atoms with E-state index < -0.39 is 5.91 Å². The third-order valence-electron chi connectivity index (χ3n) is 4.49. The zero-order chi connectivity index (χ0) is 18.7. The second kappa shape index (κ2) is 7.53. The fourth-order valence-electron chi connectivity index (χ4n) is 3.29. The summed E-state index contributed by atoms with van der Waals surface area (Å²) in [6, 6.07) is 8.07. The Morgan fingerprint density at radius 2 is 2.12 bits per heavy atom. The van der Waals surface area contributed by atoms with Crippen molar-refractivity contribution in [2.75, 3.05) is 26.0 Å². The van der Waals surface area contributed by atoms with Gasteiger partial charge in [-0.1, -0.05) is 11.2 Å². The molecule has 0 unspecified atom stereocenters. The topological polar surface area (TPSA) is 74.2 Å². The molecule has 0 radical (unpaired) electrons. The van der Waals surface area contributed by atoms with Crippen molar-refractivity contribution < 1.29 is 19.1 Å². The summed E-state index contributed by atoms with van der Waals surface area (Å²) in [6.45, 7) is 1.50. The number of nitrogens with zero attached hydrogens (tertiary/aromatic N) is 2. The number of anilines is 1. The minimum atomic E-state index is -0.515. The number of fused-ring (bicyclic) bond motifs is 1. The number of carbonyl (C=O) groups is 1. The highest BCUT2D eigenvalue weighted by molar-refractivity contribution is 6.31. The van der Waals surface area contributed by atoms with Crippen molar-refractivity contribution in [3.8, 4) is 16.9 Å². The van der Waals surface area contributed by atoms with Crippen molar-refractivity contribution in [3.05, 3.63) is 47.3 Å². The van der Waals surface area contributed by atoms with Gasteiger partial charge in [-0.2, -0.15) is 0 Å². The van der Waals surface area contributed by atoms with Crippen LogP contribution in [0.25, 0.3) is 11.1 Å². The molecule has 2 aromatic carbocycles. The first-order chi connectivity index (χ1) is 12.5. The smallest absolute Gasteiger partial charge is 0.270 e. The molecule has 136 valence electrons. The van der Waals surface area contributed by atoms with Gasteiger partial charge in [0.2, 0.25) is 0 Å². The number of amides is 1. The second-order valence-electron chi connectivity index (χ2n) is 6.18. The Balaban J connectivity index is 2.13. The maximum absolute atomic E-state index is 13.8. The number of oxime groups is 1. The molecule has 2 aromatic rings. The van der Waals surface area contributed by atoms with Crippen LogP contribution in [-0.2, 0) is 17.8 Å². The summed E-state index contributed by atoms with van der Waals surface area (Å²) in [4.78, 5) is 13.9. The van der Waals surface area contributed by atoms with Gasteiger partial charge < -0.3 is 20.2 Å². The standard InChI is InChI=1S/C19H20FN3O3/c1-23-8-7-14-13(15-9-12(20)3-6-18(15)26-2)4-5-17(16(14)11-23)22-19(24)10-21-25/h3-6,9-10,25H,7-8,11H2,1-2H3,(H,22,24). The van der Waals surface area contributed by atoms with Gasteiger partial charge in [0, 0.05) is 24.3 Å². The summed E-state index contributed by atoms with van der Waals surface area (Å²) in [7, 11) is 3.55. The summed E-state index contributed by atoms with van der Waals surface area (Å²) in [5, 5.41) is 14.0. The molecular formula is C19H20FN3O3. The van der Waals surface area contributed by atoms with Gasteiger partial charge in [-0.3, -0.25) is 4.79 Å². The summed E-state index contributed by atoms with van der Waals surface area (Å²) in [5.74, 6) is -0.255. The monoisotopic (exact) mass is 357 g/mol. The zero-order valence-corrected chi connectivity index (χ0v) is 14.6. The Hall–Kier alpha value is -2.93. The maximum Gasteiger partial charge on any atom is 0.270 e. The summed E-state index contributed by atoms with van der Waals surface area (Å²) >= 11 is 0. The average molecular weight is 357 g/mol. The lowest BCUT2D eigenvalue weighted by atomic mass is 9.89. The third kappa shape index (κ3) is 3.52. The molecule has 1 aliphatic rings. The minimum absolute atomic E-state index is 0.334. The van der Waals surface area contributed by atoms with E-state index in [9.17, 15) is 9.18 Å². The molecule has 1 heterocycles. The molecule has 0 aromatic heterocycles. The summed E-state index contributed by atoms with van der Waals surface area (Å²) in [6.07, 6.45) is 1.57. The predicted molar refractivity (Wildman–Crippen MR) is 97.3 cm³/mol. The van der Waals surface area contributed by atoms with E-state index in [1.165, 1.54) is 12.1 Å². The van der Waals surface area contributed by atoms with Gasteiger partial charge in [-0.05, 0) is 54.4 Å². The van der Waals surface area contributed by atoms with E-state index >= 15 is 0 Å². The molecule has 0 bridgehead atoms. The van der Waals surface area contributed by atoms with Gasteiger partial charge in [0.25, 0.3) is 5.91 Å². The van der Waals surface area contributed by atoms with Crippen molar-refractivity contribution in [1.82, 2.24) is 4.90 Å². The highest BCUT2D eigenvalue weighted by Gasteiger charge is 2.22. The van der Waals surface area contributed by atoms with Gasteiger partial charge in [0.1, 0.15) is 17.8 Å². The van der Waals surface area contributed by atoms with Gasteiger partial charge in [-0.25, -0.2) is 4.39 Å².